The Labute approximate surface area is 109 Å². The van der Waals surface area contributed by atoms with Crippen LogP contribution in [0, 0.1) is 0 Å². The third-order valence-corrected chi connectivity index (χ3v) is 3.37. The van der Waals surface area contributed by atoms with Crippen LogP contribution in [0.4, 0.5) is 0 Å². The monoisotopic (exact) mass is 242 g/mol. The summed E-state index contributed by atoms with van der Waals surface area (Å²) in [6.07, 6.45) is 7.43. The minimum atomic E-state index is 0.563. The summed E-state index contributed by atoms with van der Waals surface area (Å²) in [6.45, 7) is 7.02. The molecule has 0 saturated heterocycles. The van der Waals surface area contributed by atoms with Crippen LogP contribution in [0.5, 0.6) is 0 Å². The van der Waals surface area contributed by atoms with Gasteiger partial charge in [-0.1, -0.05) is 24.3 Å². The largest absolute Gasteiger partial charge is 0.361 e. The van der Waals surface area contributed by atoms with E-state index >= 15 is 0 Å². The van der Waals surface area contributed by atoms with Crippen molar-refractivity contribution in [3.05, 3.63) is 48.7 Å². The number of hydrogen-bond donors (Lipinski definition) is 2. The molecule has 0 saturated carbocycles. The van der Waals surface area contributed by atoms with Gasteiger partial charge in [0.05, 0.1) is 0 Å². The molecule has 1 aromatic heterocycles. The molecule has 2 N–H and O–H groups in total. The van der Waals surface area contributed by atoms with Gasteiger partial charge in [-0.05, 0) is 44.4 Å². The second-order valence-corrected chi connectivity index (χ2v) is 4.83. The molecule has 2 rings (SSSR count). The molecule has 0 amide bonds. The van der Waals surface area contributed by atoms with Gasteiger partial charge in [0.2, 0.25) is 0 Å². The van der Waals surface area contributed by atoms with Crippen LogP contribution in [0.15, 0.2) is 43.1 Å². The van der Waals surface area contributed by atoms with Gasteiger partial charge >= 0.3 is 0 Å². The lowest BCUT2D eigenvalue weighted by molar-refractivity contribution is 0.522. The Morgan fingerprint density at radius 3 is 3.06 bits per heavy atom. The highest BCUT2D eigenvalue weighted by atomic mass is 14.9. The second kappa shape index (κ2) is 6.41. The molecule has 2 heteroatoms. The van der Waals surface area contributed by atoms with Crippen LogP contribution in [0.2, 0.25) is 0 Å². The number of aromatic amines is 1. The third kappa shape index (κ3) is 3.23. The van der Waals surface area contributed by atoms with Gasteiger partial charge in [0.1, 0.15) is 0 Å². The van der Waals surface area contributed by atoms with E-state index in [2.05, 4.69) is 54.3 Å². The molecule has 0 bridgehead atoms. The zero-order valence-corrected chi connectivity index (χ0v) is 11.1. The molecule has 0 aliphatic rings. The van der Waals surface area contributed by atoms with Crippen molar-refractivity contribution in [2.75, 3.05) is 6.54 Å². The van der Waals surface area contributed by atoms with Crippen LogP contribution in [0.25, 0.3) is 10.9 Å². The van der Waals surface area contributed by atoms with E-state index in [9.17, 15) is 0 Å². The van der Waals surface area contributed by atoms with Gasteiger partial charge in [-0.3, -0.25) is 0 Å². The fraction of sp³-hybridized carbons (Fsp3) is 0.375. The predicted octanol–water partition coefficient (Wildman–Crippen LogP) is 3.65. The average molecular weight is 242 g/mol. The lowest BCUT2D eigenvalue weighted by Crippen LogP contribution is -2.27. The van der Waals surface area contributed by atoms with Gasteiger partial charge in [-0.15, -0.1) is 6.58 Å². The first kappa shape index (κ1) is 12.9. The predicted molar refractivity (Wildman–Crippen MR) is 78.9 cm³/mol. The molecule has 96 valence electrons. The molecule has 0 spiro atoms. The Morgan fingerprint density at radius 2 is 2.22 bits per heavy atom. The first-order valence-corrected chi connectivity index (χ1v) is 6.70. The summed E-state index contributed by atoms with van der Waals surface area (Å²) < 4.78 is 0. The van der Waals surface area contributed by atoms with Crippen molar-refractivity contribution in [1.82, 2.24) is 10.3 Å². The van der Waals surface area contributed by atoms with Crippen LogP contribution < -0.4 is 5.32 Å². The minimum Gasteiger partial charge on any atom is -0.361 e. The zero-order valence-electron chi connectivity index (χ0n) is 11.1. The smallest absolute Gasteiger partial charge is 0.0456 e. The van der Waals surface area contributed by atoms with Crippen molar-refractivity contribution < 1.29 is 0 Å². The molecule has 0 radical (unpaired) electrons. The van der Waals surface area contributed by atoms with Crippen LogP contribution in [0.1, 0.15) is 25.3 Å². The summed E-state index contributed by atoms with van der Waals surface area (Å²) in [5.41, 5.74) is 2.63. The van der Waals surface area contributed by atoms with E-state index in [0.29, 0.717) is 6.04 Å². The third-order valence-electron chi connectivity index (χ3n) is 3.37. The van der Waals surface area contributed by atoms with E-state index in [1.54, 1.807) is 0 Å². The molecule has 2 aromatic rings. The SMILES string of the molecule is C=CCCC(C)NCCc1c[nH]c2ccccc12. The summed E-state index contributed by atoms with van der Waals surface area (Å²) in [5, 5.41) is 4.90. The molecular weight excluding hydrogens is 220 g/mol. The average Bonchev–Trinajstić information content (AvgIpc) is 2.80. The summed E-state index contributed by atoms with van der Waals surface area (Å²) in [6, 6.07) is 9.03. The highest BCUT2D eigenvalue weighted by Gasteiger charge is 2.04. The van der Waals surface area contributed by atoms with Crippen LogP contribution in [-0.2, 0) is 6.42 Å². The number of hydrogen-bond acceptors (Lipinski definition) is 1. The van der Waals surface area contributed by atoms with Crippen molar-refractivity contribution in [2.24, 2.45) is 0 Å². The Hall–Kier alpha value is -1.54. The quantitative estimate of drug-likeness (QED) is 0.713. The molecule has 2 nitrogen and oxygen atoms in total. The molecule has 1 atom stereocenters. The first-order valence-electron chi connectivity index (χ1n) is 6.70. The fourth-order valence-electron chi connectivity index (χ4n) is 2.26. The first-order chi connectivity index (χ1) is 8.81. The van der Waals surface area contributed by atoms with E-state index in [1.165, 1.54) is 16.5 Å². The molecule has 18 heavy (non-hydrogen) atoms. The number of H-pyrrole nitrogens is 1. The van der Waals surface area contributed by atoms with Crippen molar-refractivity contribution in [1.29, 1.82) is 0 Å². The Morgan fingerprint density at radius 1 is 1.39 bits per heavy atom. The van der Waals surface area contributed by atoms with Crippen molar-refractivity contribution >= 4 is 10.9 Å². The van der Waals surface area contributed by atoms with E-state index in [-0.39, 0.29) is 0 Å². The highest BCUT2D eigenvalue weighted by molar-refractivity contribution is 5.83. The molecule has 0 aliphatic carbocycles. The summed E-state index contributed by atoms with van der Waals surface area (Å²) in [5.74, 6) is 0. The number of para-hydroxylation sites is 1. The standard InChI is InChI=1S/C16H22N2/c1-3-4-7-13(2)17-11-10-14-12-18-16-9-6-5-8-15(14)16/h3,5-6,8-9,12-13,17-18H,1,4,7,10-11H2,2H3. The maximum absolute atomic E-state index is 3.76. The van der Waals surface area contributed by atoms with Crippen molar-refractivity contribution in [3.8, 4) is 0 Å². The summed E-state index contributed by atoms with van der Waals surface area (Å²) in [4.78, 5) is 3.32. The highest BCUT2D eigenvalue weighted by Crippen LogP contribution is 2.17. The van der Waals surface area contributed by atoms with Gasteiger partial charge in [-0.2, -0.15) is 0 Å². The topological polar surface area (TPSA) is 27.8 Å². The molecule has 1 unspecified atom stereocenters. The number of aromatic nitrogens is 1. The normalized spacial score (nSPS) is 12.7. The van der Waals surface area contributed by atoms with Crippen LogP contribution in [-0.4, -0.2) is 17.6 Å². The number of rotatable bonds is 7. The van der Waals surface area contributed by atoms with Crippen LogP contribution >= 0.6 is 0 Å². The van der Waals surface area contributed by atoms with E-state index < -0.39 is 0 Å². The molecule has 0 aliphatic heterocycles. The molecule has 1 aromatic carbocycles. The summed E-state index contributed by atoms with van der Waals surface area (Å²) >= 11 is 0. The van der Waals surface area contributed by atoms with E-state index in [1.807, 2.05) is 6.08 Å². The maximum atomic E-state index is 3.76. The Kier molecular flexibility index (Phi) is 4.59. The molecular formula is C16H22N2. The van der Waals surface area contributed by atoms with E-state index in [0.717, 1.165) is 25.8 Å². The number of allylic oxidation sites excluding steroid dienone is 1. The van der Waals surface area contributed by atoms with Crippen molar-refractivity contribution in [3.63, 3.8) is 0 Å². The van der Waals surface area contributed by atoms with Gasteiger partial charge < -0.3 is 10.3 Å². The van der Waals surface area contributed by atoms with Gasteiger partial charge in [0, 0.05) is 23.1 Å². The lowest BCUT2D eigenvalue weighted by atomic mass is 10.1. The van der Waals surface area contributed by atoms with Gasteiger partial charge in [-0.25, -0.2) is 0 Å². The van der Waals surface area contributed by atoms with Gasteiger partial charge in [0.15, 0.2) is 0 Å². The number of benzene rings is 1. The second-order valence-electron chi connectivity index (χ2n) is 4.83. The molecule has 1 heterocycles. The number of nitrogens with one attached hydrogen (secondary N) is 2. The Balaban J connectivity index is 1.85. The van der Waals surface area contributed by atoms with E-state index in [4.69, 9.17) is 0 Å². The Bertz CT molecular complexity index is 499. The number of fused-ring (bicyclic) bond motifs is 1. The maximum Gasteiger partial charge on any atom is 0.0456 e. The van der Waals surface area contributed by atoms with Crippen LogP contribution in [0.3, 0.4) is 0 Å². The lowest BCUT2D eigenvalue weighted by Gasteiger charge is -2.12. The molecule has 0 fully saturated rings. The minimum absolute atomic E-state index is 0.563. The summed E-state index contributed by atoms with van der Waals surface area (Å²) in [7, 11) is 0. The van der Waals surface area contributed by atoms with Crippen molar-refractivity contribution in [2.45, 2.75) is 32.2 Å². The fourth-order valence-corrected chi connectivity index (χ4v) is 2.26. The zero-order chi connectivity index (χ0) is 12.8. The van der Waals surface area contributed by atoms with Gasteiger partial charge in [0.25, 0.3) is 0 Å².